The Morgan fingerprint density at radius 2 is 1.43 bits per heavy atom. The van der Waals surface area contributed by atoms with Crippen LogP contribution in [-0.2, 0) is 6.42 Å². The van der Waals surface area contributed by atoms with Crippen molar-refractivity contribution >= 4 is 6.08 Å². The van der Waals surface area contributed by atoms with Crippen molar-refractivity contribution in [3.05, 3.63) is 78.3 Å². The molecule has 112 valence electrons. The van der Waals surface area contributed by atoms with Crippen LogP contribution < -0.4 is 9.47 Å². The first-order chi connectivity index (χ1) is 11.4. The molecule has 1 aliphatic carbocycles. The van der Waals surface area contributed by atoms with Crippen molar-refractivity contribution in [2.75, 3.05) is 0 Å². The summed E-state index contributed by atoms with van der Waals surface area (Å²) in [6, 6.07) is 17.2. The van der Waals surface area contributed by atoms with E-state index < -0.39 is 0 Å². The van der Waals surface area contributed by atoms with Gasteiger partial charge in [-0.3, -0.25) is 0 Å². The molecule has 0 spiro atoms. The number of rotatable bonds is 4. The Hall–Kier alpha value is -3.14. The lowest BCUT2D eigenvalue weighted by molar-refractivity contribution is 0.451. The minimum absolute atomic E-state index is 0.608. The van der Waals surface area contributed by atoms with E-state index >= 15 is 0 Å². The summed E-state index contributed by atoms with van der Waals surface area (Å²) in [6.07, 6.45) is 6.38. The molecule has 0 N–H and O–H groups in total. The molecule has 0 saturated carbocycles. The van der Waals surface area contributed by atoms with Gasteiger partial charge in [0.1, 0.15) is 23.6 Å². The Balaban J connectivity index is 1.50. The number of benzene rings is 2. The fraction of sp³-hybridized carbons (Fsp3) is 0.0526. The van der Waals surface area contributed by atoms with Crippen LogP contribution >= 0.6 is 0 Å². The standard InChI is InChI=1S/C19H14N2O2/c1-2-5-14(6-3-1)22-15-9-11-16(12-10-15)23-19-17-7-4-8-18(17)20-13-21-19/h1-6,8-13H,7H2. The van der Waals surface area contributed by atoms with Crippen LogP contribution in [0.15, 0.2) is 67.0 Å². The van der Waals surface area contributed by atoms with E-state index in [4.69, 9.17) is 9.47 Å². The second-order valence-electron chi connectivity index (χ2n) is 5.14. The molecular formula is C19H14N2O2. The third-order valence-corrected chi connectivity index (χ3v) is 3.55. The molecule has 0 saturated heterocycles. The van der Waals surface area contributed by atoms with E-state index in [0.717, 1.165) is 34.9 Å². The zero-order valence-electron chi connectivity index (χ0n) is 12.3. The maximum absolute atomic E-state index is 5.88. The molecule has 0 radical (unpaired) electrons. The van der Waals surface area contributed by atoms with Crippen molar-refractivity contribution in [1.29, 1.82) is 0 Å². The maximum Gasteiger partial charge on any atom is 0.226 e. The van der Waals surface area contributed by atoms with E-state index in [0.29, 0.717) is 5.88 Å². The molecule has 0 aliphatic heterocycles. The van der Waals surface area contributed by atoms with Crippen LogP contribution in [0.25, 0.3) is 6.08 Å². The van der Waals surface area contributed by atoms with Crippen LogP contribution in [0.4, 0.5) is 0 Å². The highest BCUT2D eigenvalue weighted by molar-refractivity contribution is 5.58. The molecule has 4 rings (SSSR count). The smallest absolute Gasteiger partial charge is 0.226 e. The van der Waals surface area contributed by atoms with Crippen molar-refractivity contribution in [2.45, 2.75) is 6.42 Å². The van der Waals surface area contributed by atoms with E-state index in [1.807, 2.05) is 60.7 Å². The number of fused-ring (bicyclic) bond motifs is 1. The molecule has 2 aromatic carbocycles. The molecule has 4 nitrogen and oxygen atoms in total. The summed E-state index contributed by atoms with van der Waals surface area (Å²) in [4.78, 5) is 8.46. The lowest BCUT2D eigenvalue weighted by Crippen LogP contribution is -1.96. The number of para-hydroxylation sites is 1. The van der Waals surface area contributed by atoms with E-state index in [1.54, 1.807) is 0 Å². The van der Waals surface area contributed by atoms with Gasteiger partial charge in [0.05, 0.1) is 5.69 Å². The predicted octanol–water partition coefficient (Wildman–Crippen LogP) is 4.63. The zero-order chi connectivity index (χ0) is 15.5. The van der Waals surface area contributed by atoms with Crippen molar-refractivity contribution in [3.8, 4) is 23.1 Å². The number of ether oxygens (including phenoxy) is 2. The van der Waals surface area contributed by atoms with E-state index in [1.165, 1.54) is 6.33 Å². The highest BCUT2D eigenvalue weighted by atomic mass is 16.5. The predicted molar refractivity (Wildman–Crippen MR) is 87.8 cm³/mol. The summed E-state index contributed by atoms with van der Waals surface area (Å²) in [5.41, 5.74) is 1.95. The highest BCUT2D eigenvalue weighted by Gasteiger charge is 2.14. The van der Waals surface area contributed by atoms with Crippen LogP contribution in [0, 0.1) is 0 Å². The molecule has 1 aliphatic rings. The van der Waals surface area contributed by atoms with Gasteiger partial charge in [-0.05, 0) is 48.9 Å². The molecule has 23 heavy (non-hydrogen) atoms. The van der Waals surface area contributed by atoms with Gasteiger partial charge >= 0.3 is 0 Å². The van der Waals surface area contributed by atoms with Gasteiger partial charge in [0.2, 0.25) is 5.88 Å². The van der Waals surface area contributed by atoms with Gasteiger partial charge in [0.25, 0.3) is 0 Å². The van der Waals surface area contributed by atoms with Crippen LogP contribution in [0.3, 0.4) is 0 Å². The summed E-state index contributed by atoms with van der Waals surface area (Å²) in [5, 5.41) is 0. The number of aromatic nitrogens is 2. The Labute approximate surface area is 134 Å². The largest absolute Gasteiger partial charge is 0.457 e. The van der Waals surface area contributed by atoms with Crippen LogP contribution in [-0.4, -0.2) is 9.97 Å². The molecule has 0 amide bonds. The quantitative estimate of drug-likeness (QED) is 0.704. The minimum Gasteiger partial charge on any atom is -0.457 e. The molecule has 3 aromatic rings. The summed E-state index contributed by atoms with van der Waals surface area (Å²) in [6.45, 7) is 0. The average molecular weight is 302 g/mol. The lowest BCUT2D eigenvalue weighted by atomic mass is 10.2. The second-order valence-corrected chi connectivity index (χ2v) is 5.14. The summed E-state index contributed by atoms with van der Waals surface area (Å²) in [7, 11) is 0. The second kappa shape index (κ2) is 5.93. The molecular weight excluding hydrogens is 288 g/mol. The molecule has 0 unspecified atom stereocenters. The van der Waals surface area contributed by atoms with Crippen molar-refractivity contribution in [3.63, 3.8) is 0 Å². The van der Waals surface area contributed by atoms with Crippen molar-refractivity contribution in [1.82, 2.24) is 9.97 Å². The average Bonchev–Trinajstić information content (AvgIpc) is 3.07. The lowest BCUT2D eigenvalue weighted by Gasteiger charge is -2.09. The Morgan fingerprint density at radius 1 is 0.739 bits per heavy atom. The van der Waals surface area contributed by atoms with Crippen molar-refractivity contribution in [2.24, 2.45) is 0 Å². The molecule has 1 aromatic heterocycles. The number of hydrogen-bond acceptors (Lipinski definition) is 4. The number of hydrogen-bond donors (Lipinski definition) is 0. The zero-order valence-corrected chi connectivity index (χ0v) is 12.3. The maximum atomic E-state index is 5.88. The molecule has 4 heteroatoms. The van der Waals surface area contributed by atoms with Gasteiger partial charge < -0.3 is 9.47 Å². The highest BCUT2D eigenvalue weighted by Crippen LogP contribution is 2.30. The summed E-state index contributed by atoms with van der Waals surface area (Å²) in [5.74, 6) is 2.90. The monoisotopic (exact) mass is 302 g/mol. The third kappa shape index (κ3) is 2.92. The van der Waals surface area contributed by atoms with Crippen LogP contribution in [0.5, 0.6) is 23.1 Å². The van der Waals surface area contributed by atoms with E-state index in [2.05, 4.69) is 16.0 Å². The molecule has 0 fully saturated rings. The molecule has 1 heterocycles. The molecule has 0 bridgehead atoms. The first kappa shape index (κ1) is 13.5. The van der Waals surface area contributed by atoms with Gasteiger partial charge in [-0.15, -0.1) is 0 Å². The first-order valence-corrected chi connectivity index (χ1v) is 7.40. The fourth-order valence-electron chi connectivity index (χ4n) is 2.43. The SMILES string of the molecule is C1=Cc2ncnc(Oc3ccc(Oc4ccccc4)cc3)c2C1. The van der Waals surface area contributed by atoms with E-state index in [9.17, 15) is 0 Å². The van der Waals surface area contributed by atoms with Gasteiger partial charge in [-0.25, -0.2) is 9.97 Å². The topological polar surface area (TPSA) is 44.2 Å². The van der Waals surface area contributed by atoms with Crippen LogP contribution in [0.2, 0.25) is 0 Å². The van der Waals surface area contributed by atoms with Crippen molar-refractivity contribution < 1.29 is 9.47 Å². The minimum atomic E-state index is 0.608. The number of nitrogens with zero attached hydrogens (tertiary/aromatic N) is 2. The van der Waals surface area contributed by atoms with Crippen LogP contribution in [0.1, 0.15) is 11.3 Å². The van der Waals surface area contributed by atoms with Gasteiger partial charge in [0.15, 0.2) is 0 Å². The summed E-state index contributed by atoms with van der Waals surface area (Å²) >= 11 is 0. The Bertz CT molecular complexity index is 843. The van der Waals surface area contributed by atoms with Gasteiger partial charge in [-0.2, -0.15) is 0 Å². The fourth-order valence-corrected chi connectivity index (χ4v) is 2.43. The first-order valence-electron chi connectivity index (χ1n) is 7.40. The Morgan fingerprint density at radius 3 is 2.22 bits per heavy atom. The van der Waals surface area contributed by atoms with Gasteiger partial charge in [0, 0.05) is 5.56 Å². The van der Waals surface area contributed by atoms with E-state index in [-0.39, 0.29) is 0 Å². The normalized spacial score (nSPS) is 12.0. The Kier molecular flexibility index (Phi) is 3.48. The number of allylic oxidation sites excluding steroid dienone is 1. The molecule has 0 atom stereocenters. The third-order valence-electron chi connectivity index (χ3n) is 3.55. The summed E-state index contributed by atoms with van der Waals surface area (Å²) < 4.78 is 11.6. The van der Waals surface area contributed by atoms with Gasteiger partial charge in [-0.1, -0.05) is 24.3 Å².